The van der Waals surface area contributed by atoms with Crippen LogP contribution in [0, 0.1) is 11.8 Å². The molecule has 6 nitrogen and oxygen atoms in total. The minimum atomic E-state index is -0.687. The van der Waals surface area contributed by atoms with E-state index in [1.807, 2.05) is 0 Å². The van der Waals surface area contributed by atoms with Crippen LogP contribution >= 0.6 is 0 Å². The van der Waals surface area contributed by atoms with Gasteiger partial charge < -0.3 is 14.7 Å². The van der Waals surface area contributed by atoms with Crippen LogP contribution in [0.5, 0.6) is 0 Å². The molecule has 0 aromatic rings. The maximum Gasteiger partial charge on any atom is 0.410 e. The van der Waals surface area contributed by atoms with Crippen LogP contribution in [0.15, 0.2) is 0 Å². The number of hydrogen-bond acceptors (Lipinski definition) is 4. The third-order valence-electron chi connectivity index (χ3n) is 6.44. The second kappa shape index (κ2) is 22.2. The average Bonchev–Trinajstić information content (AvgIpc) is 2.80. The van der Waals surface area contributed by atoms with Crippen LogP contribution in [0.3, 0.4) is 0 Å². The van der Waals surface area contributed by atoms with Gasteiger partial charge >= 0.3 is 12.1 Å². The van der Waals surface area contributed by atoms with Crippen molar-refractivity contribution in [3.8, 4) is 0 Å². The third-order valence-corrected chi connectivity index (χ3v) is 6.44. The number of carboxylic acids is 1. The van der Waals surface area contributed by atoms with Crippen molar-refractivity contribution in [2.45, 2.75) is 124 Å². The maximum absolute atomic E-state index is 12.2. The molecule has 0 saturated heterocycles. The van der Waals surface area contributed by atoms with Crippen molar-refractivity contribution in [1.82, 2.24) is 4.90 Å². The lowest BCUT2D eigenvalue weighted by molar-refractivity contribution is -0.142. The first-order valence-corrected chi connectivity index (χ1v) is 13.6. The highest BCUT2D eigenvalue weighted by Gasteiger charge is 2.22. The molecule has 0 radical (unpaired) electrons. The summed E-state index contributed by atoms with van der Waals surface area (Å²) in [4.78, 5) is 36.4. The number of carboxylic acid groups (broad SMARTS) is 1. The number of nitrogens with zero attached hydrogens (tertiary/aromatic N) is 1. The zero-order valence-electron chi connectivity index (χ0n) is 21.7. The van der Waals surface area contributed by atoms with Gasteiger partial charge in [-0.3, -0.25) is 9.59 Å². The van der Waals surface area contributed by atoms with Gasteiger partial charge in [0.1, 0.15) is 6.61 Å². The van der Waals surface area contributed by atoms with Crippen molar-refractivity contribution >= 4 is 18.3 Å². The number of ether oxygens (including phenoxy) is 1. The Morgan fingerprint density at radius 3 is 1.82 bits per heavy atom. The number of aldehydes is 1. The monoisotopic (exact) mass is 469 g/mol. The Morgan fingerprint density at radius 2 is 1.30 bits per heavy atom. The van der Waals surface area contributed by atoms with Crippen molar-refractivity contribution in [2.75, 3.05) is 19.7 Å². The van der Waals surface area contributed by atoms with Crippen molar-refractivity contribution < 1.29 is 24.2 Å². The summed E-state index contributed by atoms with van der Waals surface area (Å²) in [5, 5.41) is 9.81. The summed E-state index contributed by atoms with van der Waals surface area (Å²) < 4.78 is 5.00. The normalized spacial score (nSPS) is 12.0. The van der Waals surface area contributed by atoms with E-state index in [4.69, 9.17) is 4.74 Å². The topological polar surface area (TPSA) is 83.9 Å². The summed E-state index contributed by atoms with van der Waals surface area (Å²) in [6.45, 7) is 7.50. The molecular weight excluding hydrogens is 418 g/mol. The van der Waals surface area contributed by atoms with E-state index in [1.165, 1.54) is 38.5 Å². The first-order valence-electron chi connectivity index (χ1n) is 13.6. The summed E-state index contributed by atoms with van der Waals surface area (Å²) in [6.07, 6.45) is 16.8. The lowest BCUT2D eigenvalue weighted by Crippen LogP contribution is -2.34. The zero-order chi connectivity index (χ0) is 24.7. The van der Waals surface area contributed by atoms with Crippen LogP contribution in [0.25, 0.3) is 0 Å². The molecule has 0 aliphatic heterocycles. The predicted octanol–water partition coefficient (Wildman–Crippen LogP) is 7.24. The second-order valence-corrected chi connectivity index (χ2v) is 9.42. The van der Waals surface area contributed by atoms with Gasteiger partial charge in [-0.15, -0.1) is 0 Å². The minimum Gasteiger partial charge on any atom is -0.481 e. The van der Waals surface area contributed by atoms with Crippen molar-refractivity contribution in [3.05, 3.63) is 0 Å². The number of aliphatic carboxylic acids is 1. The van der Waals surface area contributed by atoms with Crippen LogP contribution in [0.1, 0.15) is 124 Å². The van der Waals surface area contributed by atoms with Crippen LogP contribution < -0.4 is 0 Å². The molecule has 1 atom stereocenters. The molecule has 0 saturated carbocycles. The van der Waals surface area contributed by atoms with Gasteiger partial charge in [0.2, 0.25) is 0 Å². The van der Waals surface area contributed by atoms with Gasteiger partial charge in [0.05, 0.1) is 5.92 Å². The molecule has 1 N–H and O–H groups in total. The van der Waals surface area contributed by atoms with Gasteiger partial charge in [0, 0.05) is 13.1 Å². The zero-order valence-corrected chi connectivity index (χ0v) is 21.7. The summed E-state index contributed by atoms with van der Waals surface area (Å²) in [6, 6.07) is 0. The first kappa shape index (κ1) is 31.4. The molecular formula is C27H51NO5. The Morgan fingerprint density at radius 1 is 0.788 bits per heavy atom. The second-order valence-electron chi connectivity index (χ2n) is 9.42. The highest BCUT2D eigenvalue weighted by Crippen LogP contribution is 2.27. The molecule has 0 heterocycles. The van der Waals surface area contributed by atoms with Gasteiger partial charge in [-0.05, 0) is 31.6 Å². The van der Waals surface area contributed by atoms with E-state index in [9.17, 15) is 19.5 Å². The molecule has 0 spiro atoms. The minimum absolute atomic E-state index is 0.219. The van der Waals surface area contributed by atoms with Gasteiger partial charge in [-0.25, -0.2) is 4.79 Å². The molecule has 33 heavy (non-hydrogen) atoms. The Hall–Kier alpha value is -1.59. The van der Waals surface area contributed by atoms with Gasteiger partial charge in [-0.1, -0.05) is 97.8 Å². The Balaban J connectivity index is 4.65. The number of amides is 1. The van der Waals surface area contributed by atoms with Gasteiger partial charge in [-0.2, -0.15) is 0 Å². The molecule has 0 aliphatic rings. The molecule has 0 bridgehead atoms. The average molecular weight is 470 g/mol. The molecule has 1 unspecified atom stereocenters. The molecule has 0 aromatic heterocycles. The largest absolute Gasteiger partial charge is 0.481 e. The lowest BCUT2D eigenvalue weighted by atomic mass is 9.84. The molecule has 1 amide bonds. The van der Waals surface area contributed by atoms with Gasteiger partial charge in [0.25, 0.3) is 0 Å². The SMILES string of the molecule is CCCCCCN(CCCCC(CC(CCCCC)CCCCC)C(=O)O)C(=O)OCC=O. The van der Waals surface area contributed by atoms with Crippen molar-refractivity contribution in [3.63, 3.8) is 0 Å². The fourth-order valence-electron chi connectivity index (χ4n) is 4.40. The van der Waals surface area contributed by atoms with Crippen molar-refractivity contribution in [2.24, 2.45) is 11.8 Å². The van der Waals surface area contributed by atoms with E-state index in [-0.39, 0.29) is 12.5 Å². The number of carbonyl (C=O) groups excluding carboxylic acids is 2. The Labute approximate surface area is 202 Å². The van der Waals surface area contributed by atoms with E-state index in [2.05, 4.69) is 20.8 Å². The van der Waals surface area contributed by atoms with E-state index < -0.39 is 12.1 Å². The van der Waals surface area contributed by atoms with Crippen molar-refractivity contribution in [1.29, 1.82) is 0 Å². The Kier molecular flexibility index (Phi) is 21.1. The van der Waals surface area contributed by atoms with Crippen LogP contribution in [-0.2, 0) is 14.3 Å². The predicted molar refractivity (Wildman–Crippen MR) is 134 cm³/mol. The quantitative estimate of drug-likeness (QED) is 0.126. The molecule has 194 valence electrons. The maximum atomic E-state index is 12.2. The third kappa shape index (κ3) is 17.5. The highest BCUT2D eigenvalue weighted by atomic mass is 16.6. The number of unbranched alkanes of at least 4 members (excludes halogenated alkanes) is 8. The smallest absolute Gasteiger partial charge is 0.410 e. The summed E-state index contributed by atoms with van der Waals surface area (Å²) in [5.74, 6) is -0.497. The van der Waals surface area contributed by atoms with E-state index in [0.29, 0.717) is 31.7 Å². The van der Waals surface area contributed by atoms with Crippen LogP contribution in [0.4, 0.5) is 4.79 Å². The Bertz CT molecular complexity index is 487. The van der Waals surface area contributed by atoms with E-state index in [0.717, 1.165) is 57.8 Å². The number of carbonyl (C=O) groups is 3. The standard InChI is InChI=1S/C27H51NO5/c1-4-7-10-14-19-28(27(32)33-22-21-29)20-15-13-18-25(26(30)31)23-24(16-11-8-5-2)17-12-9-6-3/h21,24-25H,4-20,22-23H2,1-3H3,(H,30,31). The van der Waals surface area contributed by atoms with E-state index in [1.54, 1.807) is 4.90 Å². The first-order chi connectivity index (χ1) is 16.0. The number of rotatable bonds is 23. The number of hydrogen-bond donors (Lipinski definition) is 1. The molecule has 0 fully saturated rings. The molecule has 6 heteroatoms. The highest BCUT2D eigenvalue weighted by molar-refractivity contribution is 5.70. The lowest BCUT2D eigenvalue weighted by Gasteiger charge is -2.23. The molecule has 0 rings (SSSR count). The fraction of sp³-hybridized carbons (Fsp3) is 0.889. The summed E-state index contributed by atoms with van der Waals surface area (Å²) >= 11 is 0. The van der Waals surface area contributed by atoms with Crippen LogP contribution in [-0.4, -0.2) is 48.1 Å². The van der Waals surface area contributed by atoms with Gasteiger partial charge in [0.15, 0.2) is 6.29 Å². The van der Waals surface area contributed by atoms with Crippen LogP contribution in [0.2, 0.25) is 0 Å². The molecule has 0 aliphatic carbocycles. The fourth-order valence-corrected chi connectivity index (χ4v) is 4.40. The summed E-state index contributed by atoms with van der Waals surface area (Å²) in [7, 11) is 0. The molecule has 0 aromatic carbocycles. The summed E-state index contributed by atoms with van der Waals surface area (Å²) in [5.41, 5.74) is 0. The van der Waals surface area contributed by atoms with E-state index >= 15 is 0 Å².